The zero-order chi connectivity index (χ0) is 13.1. The Kier molecular flexibility index (Phi) is 1.87. The van der Waals surface area contributed by atoms with Crippen LogP contribution in [-0.4, -0.2) is 0 Å². The fourth-order valence-corrected chi connectivity index (χ4v) is 5.12. The fourth-order valence-electron chi connectivity index (χ4n) is 5.12. The van der Waals surface area contributed by atoms with Crippen LogP contribution < -0.4 is 0 Å². The summed E-state index contributed by atoms with van der Waals surface area (Å²) >= 11 is 0. The average Bonchev–Trinajstić information content (AvgIpc) is 3.32. The maximum atomic E-state index is 9.01. The molecule has 1 aromatic rings. The Bertz CT molecular complexity index is 629. The van der Waals surface area contributed by atoms with Crippen LogP contribution >= 0.6 is 0 Å². The first kappa shape index (κ1) is 10.8. The first-order valence-electron chi connectivity index (χ1n) is 6.91. The second-order valence-electron chi connectivity index (χ2n) is 5.99. The van der Waals surface area contributed by atoms with Crippen LogP contribution in [-0.2, 0) is 5.41 Å². The SMILES string of the molecule is N#CC(C#N)=CC12C3CCCC1C32c1ccccc1. The summed E-state index contributed by atoms with van der Waals surface area (Å²) in [5.41, 5.74) is 2.13. The number of fused-ring (bicyclic) bond motifs is 2. The predicted octanol–water partition coefficient (Wildman–Crippen LogP) is 3.33. The molecule has 0 bridgehead atoms. The molecule has 3 aliphatic carbocycles. The van der Waals surface area contributed by atoms with E-state index in [1.54, 1.807) is 0 Å². The van der Waals surface area contributed by atoms with Crippen molar-refractivity contribution < 1.29 is 0 Å². The highest BCUT2D eigenvalue weighted by Crippen LogP contribution is 2.97. The normalized spacial score (nSPS) is 40.3. The summed E-state index contributed by atoms with van der Waals surface area (Å²) in [5.74, 6) is 1.33. The Morgan fingerprint density at radius 1 is 1.11 bits per heavy atom. The Labute approximate surface area is 113 Å². The summed E-state index contributed by atoms with van der Waals surface area (Å²) in [7, 11) is 0. The molecule has 2 unspecified atom stereocenters. The van der Waals surface area contributed by atoms with E-state index in [9.17, 15) is 0 Å². The second kappa shape index (κ2) is 3.28. The van der Waals surface area contributed by atoms with Crippen molar-refractivity contribution in [1.29, 1.82) is 10.5 Å². The van der Waals surface area contributed by atoms with Crippen LogP contribution in [0.2, 0.25) is 0 Å². The Morgan fingerprint density at radius 3 is 2.32 bits per heavy atom. The second-order valence-corrected chi connectivity index (χ2v) is 5.99. The number of hydrogen-bond donors (Lipinski definition) is 0. The highest BCUT2D eigenvalue weighted by atomic mass is 15.0. The molecule has 2 heteroatoms. The van der Waals surface area contributed by atoms with Crippen molar-refractivity contribution in [2.45, 2.75) is 24.7 Å². The number of nitriles is 2. The Morgan fingerprint density at radius 2 is 1.74 bits per heavy atom. The summed E-state index contributed by atoms with van der Waals surface area (Å²) < 4.78 is 0. The third-order valence-electron chi connectivity index (χ3n) is 5.66. The molecule has 3 fully saturated rings. The van der Waals surface area contributed by atoms with Gasteiger partial charge in [0.25, 0.3) is 0 Å². The van der Waals surface area contributed by atoms with Gasteiger partial charge in [0.15, 0.2) is 0 Å². The molecule has 2 nitrogen and oxygen atoms in total. The summed E-state index contributed by atoms with van der Waals surface area (Å²) in [6.07, 6.45) is 5.78. The number of allylic oxidation sites excluding steroid dienone is 2. The lowest BCUT2D eigenvalue weighted by Crippen LogP contribution is -2.21. The molecule has 0 heterocycles. The number of benzene rings is 1. The van der Waals surface area contributed by atoms with E-state index in [0.717, 1.165) is 0 Å². The summed E-state index contributed by atoms with van der Waals surface area (Å²) in [6, 6.07) is 14.7. The lowest BCUT2D eigenvalue weighted by Gasteiger charge is -2.27. The highest BCUT2D eigenvalue weighted by Gasteiger charge is 2.96. The molecule has 0 aliphatic heterocycles. The molecule has 0 spiro atoms. The van der Waals surface area contributed by atoms with Crippen LogP contribution in [0.5, 0.6) is 0 Å². The van der Waals surface area contributed by atoms with Gasteiger partial charge in [0, 0.05) is 10.8 Å². The molecule has 0 amide bonds. The molecule has 4 rings (SSSR count). The third kappa shape index (κ3) is 0.990. The van der Waals surface area contributed by atoms with Crippen molar-refractivity contribution in [3.05, 3.63) is 47.5 Å². The van der Waals surface area contributed by atoms with Gasteiger partial charge in [-0.3, -0.25) is 0 Å². The van der Waals surface area contributed by atoms with Crippen molar-refractivity contribution in [2.75, 3.05) is 0 Å². The smallest absolute Gasteiger partial charge is 0.126 e. The summed E-state index contributed by atoms with van der Waals surface area (Å²) in [6.45, 7) is 0. The topological polar surface area (TPSA) is 47.6 Å². The zero-order valence-corrected chi connectivity index (χ0v) is 10.6. The largest absolute Gasteiger partial charge is 0.192 e. The summed E-state index contributed by atoms with van der Waals surface area (Å²) in [4.78, 5) is 0. The monoisotopic (exact) mass is 246 g/mol. The lowest BCUT2D eigenvalue weighted by atomic mass is 9.76. The maximum absolute atomic E-state index is 9.01. The van der Waals surface area contributed by atoms with E-state index < -0.39 is 0 Å². The van der Waals surface area contributed by atoms with Gasteiger partial charge in [-0.2, -0.15) is 10.5 Å². The molecule has 0 saturated heterocycles. The van der Waals surface area contributed by atoms with Crippen LogP contribution in [0.15, 0.2) is 42.0 Å². The molecule has 1 aromatic carbocycles. The van der Waals surface area contributed by atoms with Crippen LogP contribution in [0.25, 0.3) is 0 Å². The van der Waals surface area contributed by atoms with E-state index in [1.165, 1.54) is 24.8 Å². The zero-order valence-electron chi connectivity index (χ0n) is 10.6. The predicted molar refractivity (Wildman–Crippen MR) is 70.7 cm³/mol. The first-order chi connectivity index (χ1) is 9.32. The van der Waals surface area contributed by atoms with Gasteiger partial charge in [0.1, 0.15) is 17.7 Å². The van der Waals surface area contributed by atoms with Crippen molar-refractivity contribution in [2.24, 2.45) is 17.3 Å². The molecule has 0 radical (unpaired) electrons. The Hall–Kier alpha value is -2.06. The molecule has 0 N–H and O–H groups in total. The number of rotatable bonds is 2. The van der Waals surface area contributed by atoms with Crippen LogP contribution in [0.4, 0.5) is 0 Å². The van der Waals surface area contributed by atoms with Crippen molar-refractivity contribution >= 4 is 0 Å². The van der Waals surface area contributed by atoms with Gasteiger partial charge in [-0.05, 0) is 36.3 Å². The van der Waals surface area contributed by atoms with Gasteiger partial charge in [-0.1, -0.05) is 36.8 Å². The minimum absolute atomic E-state index is 0.146. The number of hydrogen-bond acceptors (Lipinski definition) is 2. The van der Waals surface area contributed by atoms with Crippen molar-refractivity contribution in [3.8, 4) is 12.1 Å². The average molecular weight is 246 g/mol. The van der Waals surface area contributed by atoms with E-state index in [1.807, 2.05) is 24.3 Å². The van der Waals surface area contributed by atoms with E-state index in [4.69, 9.17) is 10.5 Å². The quantitative estimate of drug-likeness (QED) is 0.751. The van der Waals surface area contributed by atoms with Crippen LogP contribution in [0.1, 0.15) is 24.8 Å². The van der Waals surface area contributed by atoms with Gasteiger partial charge < -0.3 is 0 Å². The minimum Gasteiger partial charge on any atom is -0.192 e. The molecule has 3 saturated carbocycles. The standard InChI is InChI=1S/C17H14N2/c18-10-12(11-19)9-16-14-7-4-8-15(16)17(14,16)13-5-2-1-3-6-13/h1-3,5-6,9,14-15H,4,7-8H2. The van der Waals surface area contributed by atoms with Gasteiger partial charge in [0.2, 0.25) is 0 Å². The summed E-state index contributed by atoms with van der Waals surface area (Å²) in [5, 5.41) is 18.0. The number of nitrogens with zero attached hydrogens (tertiary/aromatic N) is 2. The molecule has 19 heavy (non-hydrogen) atoms. The maximum Gasteiger partial charge on any atom is 0.126 e. The first-order valence-corrected chi connectivity index (χ1v) is 6.91. The van der Waals surface area contributed by atoms with E-state index >= 15 is 0 Å². The Balaban J connectivity index is 1.80. The van der Waals surface area contributed by atoms with Gasteiger partial charge in [0.05, 0.1) is 0 Å². The molecular formula is C17H14N2. The molecular weight excluding hydrogens is 232 g/mol. The van der Waals surface area contributed by atoms with E-state index in [-0.39, 0.29) is 10.8 Å². The lowest BCUT2D eigenvalue weighted by molar-refractivity contribution is 0.284. The highest BCUT2D eigenvalue weighted by molar-refractivity contribution is 5.63. The van der Waals surface area contributed by atoms with Crippen LogP contribution in [0, 0.1) is 39.9 Å². The molecule has 92 valence electrons. The van der Waals surface area contributed by atoms with Gasteiger partial charge >= 0.3 is 0 Å². The van der Waals surface area contributed by atoms with E-state index in [0.29, 0.717) is 17.4 Å². The fraction of sp³-hybridized carbons (Fsp3) is 0.412. The molecule has 2 atom stereocenters. The molecule has 0 aromatic heterocycles. The van der Waals surface area contributed by atoms with Gasteiger partial charge in [-0.15, -0.1) is 0 Å². The van der Waals surface area contributed by atoms with Gasteiger partial charge in [-0.25, -0.2) is 0 Å². The minimum atomic E-state index is 0.146. The molecule has 3 aliphatic rings. The van der Waals surface area contributed by atoms with Crippen molar-refractivity contribution in [1.82, 2.24) is 0 Å². The van der Waals surface area contributed by atoms with Crippen molar-refractivity contribution in [3.63, 3.8) is 0 Å². The van der Waals surface area contributed by atoms with Crippen LogP contribution in [0.3, 0.4) is 0 Å². The van der Waals surface area contributed by atoms with E-state index in [2.05, 4.69) is 24.3 Å². The third-order valence-corrected chi connectivity index (χ3v) is 5.66.